The second kappa shape index (κ2) is 8.69. The van der Waals surface area contributed by atoms with Crippen molar-refractivity contribution in [3.05, 3.63) is 77.4 Å². The molecule has 0 radical (unpaired) electrons. The number of carbonyl (C=O) groups is 1. The van der Waals surface area contributed by atoms with Crippen molar-refractivity contribution < 1.29 is 9.53 Å². The summed E-state index contributed by atoms with van der Waals surface area (Å²) in [5.74, 6) is 2.42. The van der Waals surface area contributed by atoms with Crippen molar-refractivity contribution in [1.29, 1.82) is 0 Å². The maximum absolute atomic E-state index is 13.2. The third kappa shape index (κ3) is 3.85. The number of aromatic nitrogens is 2. The highest BCUT2D eigenvalue weighted by Crippen LogP contribution is 2.31. The SMILES string of the molecule is COc1ccccc1N1CCN(C(=O)c2cn3c(n2)CC[C@@H](c2ccccc2C)C3)CC1. The van der Waals surface area contributed by atoms with E-state index in [4.69, 9.17) is 9.72 Å². The Labute approximate surface area is 189 Å². The number of hydrogen-bond donors (Lipinski definition) is 0. The Morgan fingerprint density at radius 1 is 1.03 bits per heavy atom. The van der Waals surface area contributed by atoms with Gasteiger partial charge in [0, 0.05) is 51.3 Å². The zero-order chi connectivity index (χ0) is 22.1. The molecule has 3 heterocycles. The van der Waals surface area contributed by atoms with Gasteiger partial charge < -0.3 is 19.1 Å². The van der Waals surface area contributed by atoms with Crippen molar-refractivity contribution in [1.82, 2.24) is 14.5 Å². The fourth-order valence-corrected chi connectivity index (χ4v) is 5.05. The van der Waals surface area contributed by atoms with Crippen LogP contribution in [-0.4, -0.2) is 53.6 Å². The van der Waals surface area contributed by atoms with E-state index < -0.39 is 0 Å². The van der Waals surface area contributed by atoms with Crippen LogP contribution in [0.1, 0.15) is 39.8 Å². The van der Waals surface area contributed by atoms with Crippen LogP contribution in [0.2, 0.25) is 0 Å². The van der Waals surface area contributed by atoms with Crippen LogP contribution in [0.3, 0.4) is 0 Å². The highest BCUT2D eigenvalue weighted by atomic mass is 16.5. The molecule has 1 saturated heterocycles. The molecular formula is C26H30N4O2. The molecule has 5 rings (SSSR count). The zero-order valence-corrected chi connectivity index (χ0v) is 18.8. The van der Waals surface area contributed by atoms with E-state index in [9.17, 15) is 4.79 Å². The van der Waals surface area contributed by atoms with Crippen molar-refractivity contribution in [2.45, 2.75) is 32.2 Å². The van der Waals surface area contributed by atoms with E-state index in [0.717, 1.165) is 49.7 Å². The van der Waals surface area contributed by atoms with Crippen molar-refractivity contribution >= 4 is 11.6 Å². The van der Waals surface area contributed by atoms with Crippen LogP contribution in [0.15, 0.2) is 54.7 Å². The lowest BCUT2D eigenvalue weighted by Crippen LogP contribution is -2.49. The van der Waals surface area contributed by atoms with E-state index in [1.165, 1.54) is 11.1 Å². The molecule has 3 aromatic rings. The molecule has 0 spiro atoms. The summed E-state index contributed by atoms with van der Waals surface area (Å²) in [5.41, 5.74) is 4.41. The number of anilines is 1. The normalized spacial score (nSPS) is 18.4. The van der Waals surface area contributed by atoms with E-state index in [0.29, 0.717) is 24.7 Å². The summed E-state index contributed by atoms with van der Waals surface area (Å²) in [4.78, 5) is 22.1. The Hall–Kier alpha value is -3.28. The second-order valence-electron chi connectivity index (χ2n) is 8.74. The van der Waals surface area contributed by atoms with Gasteiger partial charge in [0.25, 0.3) is 5.91 Å². The minimum absolute atomic E-state index is 0.0408. The number of imidazole rings is 1. The molecule has 1 fully saturated rings. The number of piperazine rings is 1. The quantitative estimate of drug-likeness (QED) is 0.630. The number of fused-ring (bicyclic) bond motifs is 1. The number of carbonyl (C=O) groups excluding carboxylic acids is 1. The first-order valence-electron chi connectivity index (χ1n) is 11.4. The minimum Gasteiger partial charge on any atom is -0.495 e. The lowest BCUT2D eigenvalue weighted by Gasteiger charge is -2.36. The van der Waals surface area contributed by atoms with Gasteiger partial charge in [-0.15, -0.1) is 0 Å². The second-order valence-corrected chi connectivity index (χ2v) is 8.74. The fourth-order valence-electron chi connectivity index (χ4n) is 5.05. The number of amides is 1. The predicted molar refractivity (Wildman–Crippen MR) is 126 cm³/mol. The van der Waals surface area contributed by atoms with Gasteiger partial charge in [-0.05, 0) is 36.6 Å². The molecule has 2 aliphatic heterocycles. The lowest BCUT2D eigenvalue weighted by molar-refractivity contribution is 0.0741. The van der Waals surface area contributed by atoms with Crippen molar-refractivity contribution in [2.75, 3.05) is 38.2 Å². The Morgan fingerprint density at radius 3 is 2.56 bits per heavy atom. The molecule has 2 aliphatic rings. The zero-order valence-electron chi connectivity index (χ0n) is 18.8. The monoisotopic (exact) mass is 430 g/mol. The third-order valence-electron chi connectivity index (χ3n) is 6.83. The molecule has 0 unspecified atom stereocenters. The molecule has 1 atom stereocenters. The molecular weight excluding hydrogens is 400 g/mol. The van der Waals surface area contributed by atoms with Crippen molar-refractivity contribution in [3.63, 3.8) is 0 Å². The number of nitrogens with zero attached hydrogens (tertiary/aromatic N) is 4. The van der Waals surface area contributed by atoms with E-state index in [1.54, 1.807) is 7.11 Å². The average molecular weight is 431 g/mol. The van der Waals surface area contributed by atoms with E-state index in [1.807, 2.05) is 29.3 Å². The largest absolute Gasteiger partial charge is 0.495 e. The molecule has 0 bridgehead atoms. The number of para-hydroxylation sites is 2. The van der Waals surface area contributed by atoms with Gasteiger partial charge in [0.2, 0.25) is 0 Å². The van der Waals surface area contributed by atoms with E-state index in [2.05, 4.69) is 46.7 Å². The van der Waals surface area contributed by atoms with E-state index in [-0.39, 0.29) is 5.91 Å². The molecule has 0 saturated carbocycles. The van der Waals surface area contributed by atoms with Crippen LogP contribution in [0.4, 0.5) is 5.69 Å². The minimum atomic E-state index is 0.0408. The predicted octanol–water partition coefficient (Wildman–Crippen LogP) is 3.89. The van der Waals surface area contributed by atoms with Gasteiger partial charge >= 0.3 is 0 Å². The van der Waals surface area contributed by atoms with Gasteiger partial charge in [-0.2, -0.15) is 0 Å². The molecule has 6 nitrogen and oxygen atoms in total. The number of hydrogen-bond acceptors (Lipinski definition) is 4. The van der Waals surface area contributed by atoms with Crippen molar-refractivity contribution in [3.8, 4) is 5.75 Å². The van der Waals surface area contributed by atoms with Crippen LogP contribution >= 0.6 is 0 Å². The maximum atomic E-state index is 13.2. The van der Waals surface area contributed by atoms with Gasteiger partial charge in [-0.1, -0.05) is 36.4 Å². The molecule has 2 aromatic carbocycles. The Bertz CT molecular complexity index is 1110. The number of aryl methyl sites for hydroxylation is 2. The highest BCUT2D eigenvalue weighted by Gasteiger charge is 2.28. The van der Waals surface area contributed by atoms with Crippen molar-refractivity contribution in [2.24, 2.45) is 0 Å². The summed E-state index contributed by atoms with van der Waals surface area (Å²) in [5, 5.41) is 0. The topological polar surface area (TPSA) is 50.6 Å². The summed E-state index contributed by atoms with van der Waals surface area (Å²) in [6.45, 7) is 6.01. The first kappa shape index (κ1) is 20.6. The first-order chi connectivity index (χ1) is 15.6. The van der Waals surface area contributed by atoms with E-state index >= 15 is 0 Å². The summed E-state index contributed by atoms with van der Waals surface area (Å²) in [6, 6.07) is 16.7. The van der Waals surface area contributed by atoms with Gasteiger partial charge in [0.15, 0.2) is 0 Å². The molecule has 32 heavy (non-hydrogen) atoms. The van der Waals surface area contributed by atoms with Crippen LogP contribution in [-0.2, 0) is 13.0 Å². The van der Waals surface area contributed by atoms with Crippen LogP contribution in [0.5, 0.6) is 5.75 Å². The van der Waals surface area contributed by atoms with Gasteiger partial charge in [0.1, 0.15) is 17.3 Å². The molecule has 1 amide bonds. The highest BCUT2D eigenvalue weighted by molar-refractivity contribution is 5.92. The number of ether oxygens (including phenoxy) is 1. The third-order valence-corrected chi connectivity index (χ3v) is 6.83. The standard InChI is InChI=1S/C26H30N4O2/c1-19-7-3-4-8-21(19)20-11-12-25-27-22(18-30(25)17-20)26(31)29-15-13-28(14-16-29)23-9-5-6-10-24(23)32-2/h3-10,18,20H,11-17H2,1-2H3/t20-/m1/s1. The first-order valence-corrected chi connectivity index (χ1v) is 11.4. The van der Waals surface area contributed by atoms with Gasteiger partial charge in [-0.25, -0.2) is 4.98 Å². The summed E-state index contributed by atoms with van der Waals surface area (Å²) >= 11 is 0. The molecule has 0 aliphatic carbocycles. The Balaban J connectivity index is 1.25. The number of rotatable bonds is 4. The average Bonchev–Trinajstić information content (AvgIpc) is 3.27. The maximum Gasteiger partial charge on any atom is 0.274 e. The van der Waals surface area contributed by atoms with Gasteiger partial charge in [0.05, 0.1) is 12.8 Å². The Kier molecular flexibility index (Phi) is 5.60. The molecule has 6 heteroatoms. The smallest absolute Gasteiger partial charge is 0.274 e. The summed E-state index contributed by atoms with van der Waals surface area (Å²) in [6.07, 6.45) is 3.95. The van der Waals surface area contributed by atoms with Crippen LogP contribution in [0, 0.1) is 6.92 Å². The van der Waals surface area contributed by atoms with Crippen LogP contribution < -0.4 is 9.64 Å². The van der Waals surface area contributed by atoms with Gasteiger partial charge in [-0.3, -0.25) is 4.79 Å². The molecule has 166 valence electrons. The molecule has 1 aromatic heterocycles. The summed E-state index contributed by atoms with van der Waals surface area (Å²) in [7, 11) is 1.70. The fraction of sp³-hybridized carbons (Fsp3) is 0.385. The Morgan fingerprint density at radius 2 is 1.78 bits per heavy atom. The molecule has 0 N–H and O–H groups in total. The number of methoxy groups -OCH3 is 1. The van der Waals surface area contributed by atoms with Crippen LogP contribution in [0.25, 0.3) is 0 Å². The number of benzene rings is 2. The lowest BCUT2D eigenvalue weighted by atomic mass is 9.89. The summed E-state index contributed by atoms with van der Waals surface area (Å²) < 4.78 is 7.70.